The Labute approximate surface area is 444 Å². The van der Waals surface area contributed by atoms with E-state index in [-0.39, 0.29) is 16.2 Å². The van der Waals surface area contributed by atoms with Crippen LogP contribution in [0, 0.1) is 0 Å². The molecule has 0 spiro atoms. The summed E-state index contributed by atoms with van der Waals surface area (Å²) in [6.07, 6.45) is 7.22. The number of fused-ring (bicyclic) bond motifs is 14. The van der Waals surface area contributed by atoms with Gasteiger partial charge in [0.05, 0.1) is 5.52 Å². The van der Waals surface area contributed by atoms with E-state index in [1.807, 2.05) is 22.7 Å². The smallest absolute Gasteiger partial charge is 0.197 e. The molecular weight excluding hydrogens is 932 g/mol. The summed E-state index contributed by atoms with van der Waals surface area (Å²) in [5, 5.41) is 14.6. The number of hydrogen-bond acceptors (Lipinski definition) is 3. The molecule has 9 aromatic carbocycles. The number of thiophene rings is 2. The van der Waals surface area contributed by atoms with Crippen LogP contribution in [0.4, 0.5) is 11.4 Å². The van der Waals surface area contributed by atoms with Crippen LogP contribution in [0.15, 0.2) is 152 Å². The van der Waals surface area contributed by atoms with Crippen LogP contribution in [0.2, 0.25) is 0 Å². The van der Waals surface area contributed by atoms with E-state index in [0.717, 1.165) is 17.8 Å². The molecule has 1 aliphatic heterocycles. The average molecular weight is 994 g/mol. The fourth-order valence-corrected chi connectivity index (χ4v) is 15.2. The van der Waals surface area contributed by atoms with Gasteiger partial charge in [0.15, 0.2) is 7.28 Å². The van der Waals surface area contributed by atoms with Gasteiger partial charge in [-0.1, -0.05) is 159 Å². The first-order valence-corrected chi connectivity index (χ1v) is 28.7. The van der Waals surface area contributed by atoms with Crippen molar-refractivity contribution in [3.63, 3.8) is 0 Å². The number of rotatable bonds is 8. The Bertz CT molecular complexity index is 4300. The van der Waals surface area contributed by atoms with Crippen LogP contribution in [0.1, 0.15) is 110 Å². The minimum Gasteiger partial charge on any atom is -0.355 e. The lowest BCUT2D eigenvalue weighted by Gasteiger charge is -2.41. The van der Waals surface area contributed by atoms with Gasteiger partial charge in [-0.25, -0.2) is 0 Å². The molecule has 0 unspecified atom stereocenters. The SMILES string of the molecule is CCCCCc1ccc(Nc2cc3sc4cc5c(cc4c3cc2-c2cc(-c3ccc4c(c3)sc3ccccc34)c3c4c6ccccc6ccc4n4c3c2[B]c2cc(C(C)(C)C)ccc2-4)C(C)(C)CCC5(C)C)cc1. The molecule has 0 saturated heterocycles. The van der Waals surface area contributed by atoms with Crippen molar-refractivity contribution in [2.45, 2.75) is 110 Å². The summed E-state index contributed by atoms with van der Waals surface area (Å²) in [5.41, 5.74) is 19.4. The molecule has 1 radical (unpaired) electrons. The van der Waals surface area contributed by atoms with Crippen molar-refractivity contribution in [3.8, 4) is 27.9 Å². The van der Waals surface area contributed by atoms with E-state index < -0.39 is 0 Å². The van der Waals surface area contributed by atoms with E-state index in [1.165, 1.54) is 166 Å². The van der Waals surface area contributed by atoms with Crippen LogP contribution < -0.4 is 16.2 Å². The van der Waals surface area contributed by atoms with Crippen LogP contribution in [0.5, 0.6) is 0 Å². The van der Waals surface area contributed by atoms with Gasteiger partial charge in [-0.15, -0.1) is 22.7 Å². The molecule has 0 atom stereocenters. The summed E-state index contributed by atoms with van der Waals surface area (Å²) >= 11 is 3.86. The van der Waals surface area contributed by atoms with Gasteiger partial charge in [-0.3, -0.25) is 0 Å². The summed E-state index contributed by atoms with van der Waals surface area (Å²) in [6, 6.07) is 59.2. The summed E-state index contributed by atoms with van der Waals surface area (Å²) in [5.74, 6) is 0. The van der Waals surface area contributed by atoms with Crippen molar-refractivity contribution >= 4 is 125 Å². The fourth-order valence-electron chi connectivity index (χ4n) is 12.9. The molecule has 363 valence electrons. The molecule has 3 aromatic heterocycles. The van der Waals surface area contributed by atoms with E-state index in [0.29, 0.717) is 0 Å². The summed E-state index contributed by atoms with van der Waals surface area (Å²) in [7, 11) is 2.54. The maximum Gasteiger partial charge on any atom is 0.197 e. The lowest BCUT2D eigenvalue weighted by Crippen LogP contribution is -2.38. The third-order valence-corrected chi connectivity index (χ3v) is 19.5. The number of aromatic nitrogens is 1. The number of benzene rings is 9. The molecule has 0 amide bonds. The molecular formula is C69H62BN2S2. The highest BCUT2D eigenvalue weighted by molar-refractivity contribution is 7.26. The maximum atomic E-state index is 4.10. The molecule has 1 N–H and O–H groups in total. The largest absolute Gasteiger partial charge is 0.355 e. The molecule has 0 saturated carbocycles. The summed E-state index contributed by atoms with van der Waals surface area (Å²) < 4.78 is 7.96. The van der Waals surface area contributed by atoms with Gasteiger partial charge in [0.2, 0.25) is 0 Å². The Morgan fingerprint density at radius 2 is 1.28 bits per heavy atom. The molecule has 1 aliphatic carbocycles. The predicted molar refractivity (Wildman–Crippen MR) is 327 cm³/mol. The second-order valence-electron chi connectivity index (χ2n) is 24.0. The van der Waals surface area contributed by atoms with Crippen molar-refractivity contribution in [2.24, 2.45) is 0 Å². The molecule has 2 nitrogen and oxygen atoms in total. The van der Waals surface area contributed by atoms with Crippen LogP contribution in [-0.2, 0) is 22.7 Å². The van der Waals surface area contributed by atoms with Crippen LogP contribution in [-0.4, -0.2) is 11.8 Å². The Morgan fingerprint density at radius 1 is 0.581 bits per heavy atom. The molecule has 2 aliphatic rings. The second kappa shape index (κ2) is 16.7. The maximum absolute atomic E-state index is 4.10. The first kappa shape index (κ1) is 45.9. The lowest BCUT2D eigenvalue weighted by atomic mass is 9.58. The monoisotopic (exact) mass is 993 g/mol. The topological polar surface area (TPSA) is 17.0 Å². The number of anilines is 2. The predicted octanol–water partition coefficient (Wildman–Crippen LogP) is 19.1. The molecule has 0 fully saturated rings. The van der Waals surface area contributed by atoms with Crippen molar-refractivity contribution in [2.75, 3.05) is 5.32 Å². The summed E-state index contributed by atoms with van der Waals surface area (Å²) in [4.78, 5) is 0. The molecule has 74 heavy (non-hydrogen) atoms. The number of nitrogens with zero attached hydrogens (tertiary/aromatic N) is 1. The Morgan fingerprint density at radius 3 is 2.08 bits per heavy atom. The van der Waals surface area contributed by atoms with Gasteiger partial charge in [0.25, 0.3) is 0 Å². The molecule has 12 aromatic rings. The third kappa shape index (κ3) is 7.16. The Hall–Kier alpha value is -6.66. The molecule has 5 heteroatoms. The van der Waals surface area contributed by atoms with Gasteiger partial charge in [0.1, 0.15) is 0 Å². The quantitative estimate of drug-likeness (QED) is 0.119. The van der Waals surface area contributed by atoms with Crippen LogP contribution in [0.25, 0.3) is 101 Å². The van der Waals surface area contributed by atoms with Gasteiger partial charge in [-0.2, -0.15) is 0 Å². The van der Waals surface area contributed by atoms with Crippen molar-refractivity contribution in [1.29, 1.82) is 0 Å². The zero-order valence-electron chi connectivity index (χ0n) is 44.0. The van der Waals surface area contributed by atoms with E-state index in [2.05, 4.69) is 224 Å². The van der Waals surface area contributed by atoms with Crippen molar-refractivity contribution < 1.29 is 0 Å². The van der Waals surface area contributed by atoms with Crippen molar-refractivity contribution in [1.82, 2.24) is 4.57 Å². The highest BCUT2D eigenvalue weighted by atomic mass is 32.1. The Kier molecular flexibility index (Phi) is 10.3. The number of nitrogens with one attached hydrogen (secondary N) is 1. The van der Waals surface area contributed by atoms with Gasteiger partial charge < -0.3 is 9.88 Å². The Balaban J connectivity index is 1.11. The van der Waals surface area contributed by atoms with Gasteiger partial charge >= 0.3 is 0 Å². The molecule has 14 rings (SSSR count). The normalized spacial score (nSPS) is 14.9. The fraction of sp³-hybridized carbons (Fsp3) is 0.246. The highest BCUT2D eigenvalue weighted by Crippen LogP contribution is 2.52. The first-order chi connectivity index (χ1) is 35.7. The third-order valence-electron chi connectivity index (χ3n) is 17.3. The standard InChI is InChI=1S/C69H62BN2S2/c1-9-10-11-16-40-21-26-44(27-22-40)71-56-39-62-50(51-37-53-54(38-61(51)74-62)69(7,8)32-31-68(53,5)6)36-49(56)52-35-48(42-23-28-47-46-19-14-15-20-59(46)73-60(47)33-42)64-63-45-18-13-12-17-41(45)24-29-58(63)72-57-30-25-43(67(2,3)4)34-55(57)70-65(52)66(64)72/h12-15,17-30,33-39,71H,9-11,16,31-32H2,1-8H3. The first-order valence-electron chi connectivity index (χ1n) is 27.1. The molecule has 0 bridgehead atoms. The van der Waals surface area contributed by atoms with Gasteiger partial charge in [0, 0.05) is 79.3 Å². The number of unbranched alkanes of at least 4 members (excludes halogenated alkanes) is 2. The minimum atomic E-state index is -0.0119. The van der Waals surface area contributed by atoms with E-state index in [1.54, 1.807) is 0 Å². The minimum absolute atomic E-state index is 0.0119. The summed E-state index contributed by atoms with van der Waals surface area (Å²) in [6.45, 7) is 19.1. The van der Waals surface area contributed by atoms with E-state index in [4.69, 9.17) is 0 Å². The highest BCUT2D eigenvalue weighted by Gasteiger charge is 2.38. The second-order valence-corrected chi connectivity index (χ2v) is 26.2. The average Bonchev–Trinajstić information content (AvgIpc) is 4.08. The van der Waals surface area contributed by atoms with E-state index in [9.17, 15) is 0 Å². The lowest BCUT2D eigenvalue weighted by molar-refractivity contribution is 0.332. The zero-order valence-corrected chi connectivity index (χ0v) is 45.7. The number of hydrogen-bond donors (Lipinski definition) is 1. The zero-order chi connectivity index (χ0) is 50.4. The van der Waals surface area contributed by atoms with E-state index >= 15 is 0 Å². The van der Waals surface area contributed by atoms with Gasteiger partial charge in [-0.05, 0) is 164 Å². The van der Waals surface area contributed by atoms with Crippen LogP contribution in [0.3, 0.4) is 0 Å². The van der Waals surface area contributed by atoms with Crippen LogP contribution >= 0.6 is 22.7 Å². The van der Waals surface area contributed by atoms with Crippen molar-refractivity contribution in [3.05, 3.63) is 174 Å². The molecule has 4 heterocycles. The number of aryl methyl sites for hydroxylation is 1.